The number of fused-ring (bicyclic) bond motifs is 3. The summed E-state index contributed by atoms with van der Waals surface area (Å²) in [4.78, 5) is 2.70. The van der Waals surface area contributed by atoms with E-state index in [2.05, 4.69) is 4.90 Å². The molecule has 0 aromatic rings. The first-order valence-electron chi connectivity index (χ1n) is 5.84. The number of piperidine rings is 3. The molecule has 1 atom stereocenters. The Hall–Kier alpha value is -0.0800. The molecule has 2 nitrogen and oxygen atoms in total. The molecule has 0 aromatic heterocycles. The van der Waals surface area contributed by atoms with Gasteiger partial charge in [-0.2, -0.15) is 0 Å². The highest BCUT2D eigenvalue weighted by Crippen LogP contribution is 2.33. The smallest absolute Gasteiger partial charge is 0.00979 e. The maximum atomic E-state index is 5.51. The molecular weight excluding hydrogens is 160 g/mol. The van der Waals surface area contributed by atoms with E-state index in [9.17, 15) is 0 Å². The van der Waals surface area contributed by atoms with Gasteiger partial charge in [-0.25, -0.2) is 0 Å². The van der Waals surface area contributed by atoms with Crippen molar-refractivity contribution in [1.29, 1.82) is 0 Å². The summed E-state index contributed by atoms with van der Waals surface area (Å²) in [6, 6.07) is 0.916. The van der Waals surface area contributed by atoms with Gasteiger partial charge in [0.05, 0.1) is 0 Å². The lowest BCUT2D eigenvalue weighted by atomic mass is 9.82. The largest absolute Gasteiger partial charge is 0.330 e. The van der Waals surface area contributed by atoms with Gasteiger partial charge in [-0.1, -0.05) is 6.42 Å². The average Bonchev–Trinajstić information content (AvgIpc) is 2.20. The number of hydrogen-bond acceptors (Lipinski definition) is 2. The van der Waals surface area contributed by atoms with Crippen LogP contribution in [0.4, 0.5) is 0 Å². The van der Waals surface area contributed by atoms with Crippen molar-refractivity contribution in [2.45, 2.75) is 44.6 Å². The summed E-state index contributed by atoms with van der Waals surface area (Å²) in [7, 11) is 0. The molecule has 0 amide bonds. The van der Waals surface area contributed by atoms with Crippen LogP contribution in [0.15, 0.2) is 0 Å². The van der Waals surface area contributed by atoms with Crippen LogP contribution in [0.3, 0.4) is 0 Å². The minimum atomic E-state index is 0.871. The van der Waals surface area contributed by atoms with E-state index in [-0.39, 0.29) is 0 Å². The minimum Gasteiger partial charge on any atom is -0.330 e. The lowest BCUT2D eigenvalue weighted by Gasteiger charge is -2.45. The zero-order chi connectivity index (χ0) is 9.10. The lowest BCUT2D eigenvalue weighted by Crippen LogP contribution is -2.48. The monoisotopic (exact) mass is 182 g/mol. The van der Waals surface area contributed by atoms with E-state index in [0.717, 1.165) is 18.5 Å². The third-order valence-electron chi connectivity index (χ3n) is 3.76. The third-order valence-corrected chi connectivity index (χ3v) is 3.76. The van der Waals surface area contributed by atoms with Crippen molar-refractivity contribution in [3.63, 3.8) is 0 Å². The fourth-order valence-electron chi connectivity index (χ4n) is 2.91. The Kier molecular flexibility index (Phi) is 3.23. The summed E-state index contributed by atoms with van der Waals surface area (Å²) in [5, 5.41) is 0. The Labute approximate surface area is 81.5 Å². The van der Waals surface area contributed by atoms with Gasteiger partial charge in [-0.05, 0) is 57.7 Å². The van der Waals surface area contributed by atoms with E-state index < -0.39 is 0 Å². The highest BCUT2D eigenvalue weighted by atomic mass is 15.2. The summed E-state index contributed by atoms with van der Waals surface area (Å²) < 4.78 is 0. The molecule has 13 heavy (non-hydrogen) atoms. The fourth-order valence-corrected chi connectivity index (χ4v) is 2.91. The van der Waals surface area contributed by atoms with Crippen molar-refractivity contribution in [2.24, 2.45) is 11.7 Å². The molecule has 0 radical (unpaired) electrons. The Bertz CT molecular complexity index is 150. The Morgan fingerprint density at radius 1 is 1.15 bits per heavy atom. The molecule has 0 spiro atoms. The first-order chi connectivity index (χ1) is 6.40. The molecule has 3 heterocycles. The van der Waals surface area contributed by atoms with Crippen LogP contribution in [0.2, 0.25) is 0 Å². The van der Waals surface area contributed by atoms with Crippen LogP contribution in [-0.4, -0.2) is 30.6 Å². The molecule has 3 rings (SSSR count). The van der Waals surface area contributed by atoms with Crippen molar-refractivity contribution in [1.82, 2.24) is 4.90 Å². The van der Waals surface area contributed by atoms with E-state index >= 15 is 0 Å². The van der Waals surface area contributed by atoms with Gasteiger partial charge >= 0.3 is 0 Å². The predicted molar refractivity (Wildman–Crippen MR) is 55.6 cm³/mol. The highest BCUT2D eigenvalue weighted by molar-refractivity contribution is 4.87. The van der Waals surface area contributed by atoms with Gasteiger partial charge in [-0.15, -0.1) is 0 Å². The second-order valence-electron chi connectivity index (χ2n) is 4.65. The highest BCUT2D eigenvalue weighted by Gasteiger charge is 2.32. The molecule has 3 saturated heterocycles. The Balaban J connectivity index is 1.74. The number of hydrogen-bond donors (Lipinski definition) is 1. The van der Waals surface area contributed by atoms with Crippen molar-refractivity contribution in [3.8, 4) is 0 Å². The van der Waals surface area contributed by atoms with Crippen LogP contribution >= 0.6 is 0 Å². The van der Waals surface area contributed by atoms with Crippen LogP contribution in [0, 0.1) is 5.92 Å². The number of unbranched alkanes of at least 4 members (excludes halogenated alkanes) is 1. The molecule has 76 valence electrons. The summed E-state index contributed by atoms with van der Waals surface area (Å²) >= 11 is 0. The topological polar surface area (TPSA) is 29.3 Å². The second-order valence-corrected chi connectivity index (χ2v) is 4.65. The Morgan fingerprint density at radius 3 is 2.46 bits per heavy atom. The zero-order valence-electron chi connectivity index (χ0n) is 8.54. The standard InChI is InChI=1S/C11H22N2/c12-6-2-1-3-11-9-10-4-7-13(11)8-5-10/h10-11H,1-9,12H2. The van der Waals surface area contributed by atoms with Gasteiger partial charge < -0.3 is 10.6 Å². The summed E-state index contributed by atoms with van der Waals surface area (Å²) in [5.41, 5.74) is 5.51. The van der Waals surface area contributed by atoms with E-state index in [0.29, 0.717) is 0 Å². The molecule has 3 fully saturated rings. The van der Waals surface area contributed by atoms with Crippen LogP contribution in [-0.2, 0) is 0 Å². The van der Waals surface area contributed by atoms with E-state index in [4.69, 9.17) is 5.73 Å². The van der Waals surface area contributed by atoms with E-state index in [1.54, 1.807) is 0 Å². The van der Waals surface area contributed by atoms with Gasteiger partial charge in [0.1, 0.15) is 0 Å². The van der Waals surface area contributed by atoms with Crippen molar-refractivity contribution >= 4 is 0 Å². The fraction of sp³-hybridized carbons (Fsp3) is 1.00. The Morgan fingerprint density at radius 2 is 1.92 bits per heavy atom. The quantitative estimate of drug-likeness (QED) is 0.669. The maximum absolute atomic E-state index is 5.51. The third kappa shape index (κ3) is 2.23. The summed E-state index contributed by atoms with van der Waals surface area (Å²) in [6.07, 6.45) is 8.36. The average molecular weight is 182 g/mol. The zero-order valence-corrected chi connectivity index (χ0v) is 8.54. The summed E-state index contributed by atoms with van der Waals surface area (Å²) in [6.45, 7) is 3.62. The molecule has 2 N–H and O–H groups in total. The molecule has 2 bridgehead atoms. The number of nitrogens with two attached hydrogens (primary N) is 1. The number of nitrogens with zero attached hydrogens (tertiary/aromatic N) is 1. The van der Waals surface area contributed by atoms with Crippen LogP contribution in [0.5, 0.6) is 0 Å². The molecular formula is C11H22N2. The van der Waals surface area contributed by atoms with Gasteiger partial charge in [0.2, 0.25) is 0 Å². The van der Waals surface area contributed by atoms with Crippen LogP contribution in [0.25, 0.3) is 0 Å². The number of rotatable bonds is 4. The second kappa shape index (κ2) is 4.43. The molecule has 2 heteroatoms. The van der Waals surface area contributed by atoms with Crippen LogP contribution in [0.1, 0.15) is 38.5 Å². The van der Waals surface area contributed by atoms with Crippen LogP contribution < -0.4 is 5.73 Å². The normalized spacial score (nSPS) is 38.1. The van der Waals surface area contributed by atoms with Crippen molar-refractivity contribution in [3.05, 3.63) is 0 Å². The van der Waals surface area contributed by atoms with E-state index in [1.165, 1.54) is 51.6 Å². The van der Waals surface area contributed by atoms with Gasteiger partial charge in [0.25, 0.3) is 0 Å². The molecule has 0 aromatic carbocycles. The van der Waals surface area contributed by atoms with Gasteiger partial charge in [0, 0.05) is 6.04 Å². The lowest BCUT2D eigenvalue weighted by molar-refractivity contribution is 0.0440. The maximum Gasteiger partial charge on any atom is 0.00979 e. The molecule has 1 unspecified atom stereocenters. The first-order valence-corrected chi connectivity index (χ1v) is 5.84. The minimum absolute atomic E-state index is 0.871. The van der Waals surface area contributed by atoms with Gasteiger partial charge in [0.15, 0.2) is 0 Å². The van der Waals surface area contributed by atoms with Crippen molar-refractivity contribution < 1.29 is 0 Å². The first kappa shape index (κ1) is 9.47. The molecule has 0 aliphatic carbocycles. The molecule has 3 aliphatic heterocycles. The van der Waals surface area contributed by atoms with Crippen molar-refractivity contribution in [2.75, 3.05) is 19.6 Å². The van der Waals surface area contributed by atoms with E-state index in [1.807, 2.05) is 0 Å². The molecule has 0 saturated carbocycles. The SMILES string of the molecule is NCCCCC1CC2CCN1CC2. The molecule has 3 aliphatic rings. The summed E-state index contributed by atoms with van der Waals surface area (Å²) in [5.74, 6) is 1.06. The van der Waals surface area contributed by atoms with Gasteiger partial charge in [-0.3, -0.25) is 0 Å². The predicted octanol–water partition coefficient (Wildman–Crippen LogP) is 1.60.